The molecule has 0 radical (unpaired) electrons. The van der Waals surface area contributed by atoms with Gasteiger partial charge in [-0.05, 0) is 94.1 Å². The van der Waals surface area contributed by atoms with Gasteiger partial charge in [0.15, 0.2) is 11.6 Å². The number of halogens is 1. The first-order chi connectivity index (χ1) is 42.0. The van der Waals surface area contributed by atoms with E-state index < -0.39 is 43.3 Å². The van der Waals surface area contributed by atoms with Gasteiger partial charge in [0.2, 0.25) is 0 Å². The number of alkyl halides is 2. The summed E-state index contributed by atoms with van der Waals surface area (Å²) in [6.07, 6.45) is 11.6. The van der Waals surface area contributed by atoms with Gasteiger partial charge in [-0.2, -0.15) is 5.10 Å². The van der Waals surface area contributed by atoms with Gasteiger partial charge in [0, 0.05) is 48.9 Å². The van der Waals surface area contributed by atoms with Gasteiger partial charge in [0.05, 0.1) is 44.6 Å². The number of nitrogens with one attached hydrogen (secondary N) is 5. The topological polar surface area (TPSA) is 247 Å². The normalized spacial score (nSPS) is 16.3. The number of ether oxygens (including phenoxy) is 4. The van der Waals surface area contributed by atoms with Crippen molar-refractivity contribution in [2.24, 2.45) is 5.41 Å². The van der Waals surface area contributed by atoms with E-state index in [9.17, 15) is 22.6 Å². The number of thiazole rings is 1. The van der Waals surface area contributed by atoms with Crippen LogP contribution in [0.4, 0.5) is 5.69 Å². The van der Waals surface area contributed by atoms with Gasteiger partial charge in [-0.25, -0.2) is 4.98 Å². The number of nitrogens with zero attached hydrogens (tertiary/aromatic N) is 6. The Kier molecular flexibility index (Phi) is 25.4. The van der Waals surface area contributed by atoms with E-state index in [0.717, 1.165) is 115 Å². The summed E-state index contributed by atoms with van der Waals surface area (Å²) in [7, 11) is 2.12. The third kappa shape index (κ3) is 20.0. The van der Waals surface area contributed by atoms with Crippen LogP contribution in [0.25, 0.3) is 21.8 Å². The number of likely N-dealkylation sites (tertiary alicyclic amines) is 1. The number of piperidine rings is 1. The Balaban J connectivity index is 0.616. The van der Waals surface area contributed by atoms with Crippen LogP contribution in [0, 0.1) is 12.3 Å². The van der Waals surface area contributed by atoms with E-state index in [1.54, 1.807) is 23.7 Å². The first-order valence-corrected chi connectivity index (χ1v) is 35.3. The van der Waals surface area contributed by atoms with E-state index in [2.05, 4.69) is 53.4 Å². The molecule has 22 heteroatoms. The number of benzene rings is 3. The van der Waals surface area contributed by atoms with Crippen molar-refractivity contribution in [2.45, 2.75) is 129 Å². The van der Waals surface area contributed by atoms with Gasteiger partial charge in [-0.15, -0.1) is 0 Å². The number of H-pyrrole nitrogens is 1. The van der Waals surface area contributed by atoms with E-state index in [0.29, 0.717) is 70.6 Å². The molecule has 3 atom stereocenters. The summed E-state index contributed by atoms with van der Waals surface area (Å²) in [6.45, 7) is 15.6. The maximum absolute atomic E-state index is 14.0. The van der Waals surface area contributed by atoms with Crippen molar-refractivity contribution >= 4 is 60.9 Å². The number of hydrogen-bond acceptors (Lipinski definition) is 16. The first-order valence-electron chi connectivity index (χ1n) is 30.4. The van der Waals surface area contributed by atoms with Crippen molar-refractivity contribution < 1.29 is 41.6 Å². The number of carbonyl (C=O) groups is 4. The predicted octanol–water partition coefficient (Wildman–Crippen LogP) is 9.80. The number of aromatic amines is 1. The number of anilines is 1. The van der Waals surface area contributed by atoms with Crippen molar-refractivity contribution in [3.63, 3.8) is 0 Å². The molecule has 5 heterocycles. The summed E-state index contributed by atoms with van der Waals surface area (Å²) < 4.78 is 34.4. The van der Waals surface area contributed by atoms with Crippen LogP contribution >= 0.6 is 31.6 Å². The second-order valence-corrected chi connectivity index (χ2v) is 28.4. The molecule has 0 spiro atoms. The molecule has 87 heavy (non-hydrogen) atoms. The van der Waals surface area contributed by atoms with Gasteiger partial charge in [-0.1, -0.05) is 24.6 Å². The maximum atomic E-state index is 14.0. The molecule has 2 aliphatic heterocycles. The number of aromatic nitrogens is 5. The molecular formula is C65H88IN11O9S. The van der Waals surface area contributed by atoms with Gasteiger partial charge in [0.25, 0.3) is 5.91 Å². The average molecular weight is 1330 g/mol. The first kappa shape index (κ1) is 66.5. The molecule has 8 rings (SSSR count). The standard InChI is InChI=1S/C65H88IN11O9S/c1-46(70-60(79)52-15-14-16-53(41-52)73-65(28-32-76(6)33-29-65)63-72-59(74-75-63)51-26-30-67-31-27-51)49-22-24-54(25-23-49)86-36-13-8-7-11-34-83-37-39-85-40-38-84-35-12-9-10-17-56(78)71-58(64(3,4)5)62(81)77-44-66(82)42-55(77)61(80)68-43-48-18-20-50(21-19-48)57-47(2)69-45-87-57/h14-16,18-27,30-31,41,45-46,55,58,73,82H,7-13,17,28-29,32-40,42-44H2,1-6H3,(H,68,80)(H,70,79)(H,71,78)(H,72,74,75)/t46-,55?,58-/m1/s1. The number of unbranched alkanes of at least 4 members (excludes halogenated alkanes) is 5. The molecule has 6 N–H and O–H groups in total. The second-order valence-electron chi connectivity index (χ2n) is 23.6. The number of pyridine rings is 1. The van der Waals surface area contributed by atoms with Crippen LogP contribution in [0.15, 0.2) is 103 Å². The number of carbonyl (C=O) groups excluding carboxylic acids is 4. The monoisotopic (exact) mass is 1330 g/mol. The van der Waals surface area contributed by atoms with Crippen LogP contribution in [0.5, 0.6) is 5.75 Å². The molecule has 6 aromatic rings. The summed E-state index contributed by atoms with van der Waals surface area (Å²) in [5.41, 5.74) is 6.98. The van der Waals surface area contributed by atoms with E-state index >= 15 is 0 Å². The summed E-state index contributed by atoms with van der Waals surface area (Å²) in [5, 5.41) is 20.6. The zero-order chi connectivity index (χ0) is 61.6. The van der Waals surface area contributed by atoms with Crippen LogP contribution in [0.3, 0.4) is 0 Å². The number of hydrogen-bond donors (Lipinski definition) is 6. The van der Waals surface area contributed by atoms with Crippen molar-refractivity contribution in [2.75, 3.05) is 80.7 Å². The Morgan fingerprint density at radius 3 is 2.15 bits per heavy atom. The van der Waals surface area contributed by atoms with Crippen LogP contribution < -0.4 is 26.0 Å². The van der Waals surface area contributed by atoms with Crippen LogP contribution in [-0.2, 0) is 40.7 Å². The average Bonchev–Trinajstić information content (AvgIpc) is 1.98. The third-order valence-electron chi connectivity index (χ3n) is 15.7. The quantitative estimate of drug-likeness (QED) is 0.00971. The third-order valence-corrected chi connectivity index (χ3v) is 20.1. The number of amides is 4. The fourth-order valence-corrected chi connectivity index (χ4v) is 15.1. The number of aryl methyl sites for hydroxylation is 1. The zero-order valence-corrected chi connectivity index (χ0v) is 54.3. The fourth-order valence-electron chi connectivity index (χ4n) is 10.5. The molecule has 2 aliphatic rings. The van der Waals surface area contributed by atoms with Crippen molar-refractivity contribution in [1.29, 1.82) is 0 Å². The molecule has 470 valence electrons. The SMILES string of the molecule is Cc1ncsc1-c1ccc(CNC(=O)C2CI(O)CN2C(=O)[C@@H](NC(=O)CCCCCOCCOCCOCCCCCCOc2ccc([C@@H](C)NC(=O)c3cccc(NC4(c5nc(-c6ccncc6)n[nH]5)CCN(C)CC4)c3)cc2)C(C)(C)C)cc1. The Morgan fingerprint density at radius 2 is 1.48 bits per heavy atom. The Labute approximate surface area is 524 Å². The van der Waals surface area contributed by atoms with E-state index in [-0.39, 0.29) is 45.1 Å². The molecule has 0 bridgehead atoms. The molecule has 0 saturated carbocycles. The van der Waals surface area contributed by atoms with Crippen molar-refractivity contribution in [3.8, 4) is 27.6 Å². The minimum atomic E-state index is -2.53. The fraction of sp³-hybridized carbons (Fsp3) is 0.508. The molecule has 3 aromatic heterocycles. The van der Waals surface area contributed by atoms with E-state index in [1.165, 1.54) is 4.90 Å². The molecule has 2 fully saturated rings. The molecule has 2 saturated heterocycles. The van der Waals surface area contributed by atoms with Gasteiger partial charge in [-0.3, -0.25) is 14.9 Å². The molecule has 0 aliphatic carbocycles. The summed E-state index contributed by atoms with van der Waals surface area (Å²) >= 11 is -0.941. The van der Waals surface area contributed by atoms with Gasteiger partial charge < -0.3 is 29.7 Å². The second kappa shape index (κ2) is 33.3. The van der Waals surface area contributed by atoms with Crippen molar-refractivity contribution in [1.82, 2.24) is 50.9 Å². The summed E-state index contributed by atoms with van der Waals surface area (Å²) in [6, 6.07) is 25.5. The van der Waals surface area contributed by atoms with Crippen molar-refractivity contribution in [3.05, 3.63) is 131 Å². The number of rotatable bonds is 33. The van der Waals surface area contributed by atoms with E-state index in [4.69, 9.17) is 23.9 Å². The Bertz CT molecular complexity index is 3100. The Hall–Kier alpha value is -6.41. The van der Waals surface area contributed by atoms with Crippen LogP contribution in [-0.4, -0.2) is 149 Å². The summed E-state index contributed by atoms with van der Waals surface area (Å²) in [5.74, 6) is 1.18. The van der Waals surface area contributed by atoms with Crippen LogP contribution in [0.2, 0.25) is 0 Å². The molecular weight excluding hydrogens is 1240 g/mol. The predicted molar refractivity (Wildman–Crippen MR) is 347 cm³/mol. The molecule has 4 amide bonds. The Morgan fingerprint density at radius 1 is 0.816 bits per heavy atom. The molecule has 20 nitrogen and oxygen atoms in total. The minimum absolute atomic E-state index is 0.156. The van der Waals surface area contributed by atoms with Gasteiger partial charge in [0.1, 0.15) is 5.75 Å². The van der Waals surface area contributed by atoms with Gasteiger partial charge >= 0.3 is 237 Å². The zero-order valence-electron chi connectivity index (χ0n) is 51.3. The van der Waals surface area contributed by atoms with E-state index in [1.807, 2.05) is 125 Å². The van der Waals surface area contributed by atoms with Crippen LogP contribution in [0.1, 0.15) is 131 Å². The molecule has 1 unspecified atom stereocenters. The molecule has 3 aromatic carbocycles. The summed E-state index contributed by atoms with van der Waals surface area (Å²) in [4.78, 5) is 72.5.